The SMILES string of the molecule is O=C(NCC(c1ccccc1)N1CCCCC1)c1cnco1. The van der Waals surface area contributed by atoms with Crippen molar-refractivity contribution in [3.8, 4) is 0 Å². The Morgan fingerprint density at radius 2 is 2.00 bits per heavy atom. The van der Waals surface area contributed by atoms with Crippen LogP contribution in [-0.2, 0) is 0 Å². The summed E-state index contributed by atoms with van der Waals surface area (Å²) < 4.78 is 5.04. The lowest BCUT2D eigenvalue weighted by Crippen LogP contribution is -2.40. The van der Waals surface area contributed by atoms with Gasteiger partial charge in [-0.2, -0.15) is 0 Å². The van der Waals surface area contributed by atoms with E-state index in [0.29, 0.717) is 6.54 Å². The quantitative estimate of drug-likeness (QED) is 0.922. The zero-order chi connectivity index (χ0) is 15.2. The number of likely N-dealkylation sites (tertiary alicyclic amines) is 1. The number of nitrogens with zero attached hydrogens (tertiary/aromatic N) is 2. The van der Waals surface area contributed by atoms with E-state index in [4.69, 9.17) is 4.42 Å². The first-order chi connectivity index (χ1) is 10.8. The Kier molecular flexibility index (Phi) is 4.85. The first kappa shape index (κ1) is 14.8. The monoisotopic (exact) mass is 299 g/mol. The molecule has 1 aliphatic heterocycles. The fourth-order valence-corrected chi connectivity index (χ4v) is 2.97. The van der Waals surface area contributed by atoms with Gasteiger partial charge in [0.05, 0.1) is 12.2 Å². The summed E-state index contributed by atoms with van der Waals surface area (Å²) >= 11 is 0. The van der Waals surface area contributed by atoms with Crippen LogP contribution >= 0.6 is 0 Å². The topological polar surface area (TPSA) is 58.4 Å². The molecule has 116 valence electrons. The van der Waals surface area contributed by atoms with Crippen molar-refractivity contribution >= 4 is 5.91 Å². The summed E-state index contributed by atoms with van der Waals surface area (Å²) in [5.74, 6) is 0.0425. The Balaban J connectivity index is 1.69. The number of oxazole rings is 1. The van der Waals surface area contributed by atoms with Crippen LogP contribution in [-0.4, -0.2) is 35.4 Å². The van der Waals surface area contributed by atoms with Crippen LogP contribution in [0.5, 0.6) is 0 Å². The molecule has 1 aliphatic rings. The van der Waals surface area contributed by atoms with E-state index in [9.17, 15) is 4.79 Å². The molecular formula is C17H21N3O2. The maximum Gasteiger partial charge on any atom is 0.288 e. The summed E-state index contributed by atoms with van der Waals surface area (Å²) in [4.78, 5) is 18.3. The number of hydrogen-bond donors (Lipinski definition) is 1. The standard InChI is InChI=1S/C17H21N3O2/c21-17(16-12-18-13-22-16)19-11-15(14-7-3-1-4-8-14)20-9-5-2-6-10-20/h1,3-4,7-8,12-13,15H,2,5-6,9-11H2,(H,19,21). The van der Waals surface area contributed by atoms with Crippen molar-refractivity contribution in [1.82, 2.24) is 15.2 Å². The number of benzene rings is 1. The van der Waals surface area contributed by atoms with Crippen molar-refractivity contribution in [1.29, 1.82) is 0 Å². The van der Waals surface area contributed by atoms with Crippen LogP contribution in [0, 0.1) is 0 Å². The minimum atomic E-state index is -0.213. The number of nitrogens with one attached hydrogen (secondary N) is 1. The molecule has 1 aromatic carbocycles. The molecule has 1 amide bonds. The highest BCUT2D eigenvalue weighted by Crippen LogP contribution is 2.24. The largest absolute Gasteiger partial charge is 0.438 e. The average molecular weight is 299 g/mol. The molecule has 22 heavy (non-hydrogen) atoms. The highest BCUT2D eigenvalue weighted by atomic mass is 16.3. The third-order valence-electron chi connectivity index (χ3n) is 4.13. The van der Waals surface area contributed by atoms with E-state index in [2.05, 4.69) is 27.3 Å². The van der Waals surface area contributed by atoms with Crippen LogP contribution in [0.1, 0.15) is 41.4 Å². The van der Waals surface area contributed by atoms with Gasteiger partial charge in [-0.05, 0) is 31.5 Å². The van der Waals surface area contributed by atoms with Gasteiger partial charge in [-0.3, -0.25) is 9.69 Å². The molecule has 5 heteroatoms. The van der Waals surface area contributed by atoms with Gasteiger partial charge in [-0.15, -0.1) is 0 Å². The minimum Gasteiger partial charge on any atom is -0.438 e. The van der Waals surface area contributed by atoms with Crippen molar-refractivity contribution in [2.75, 3.05) is 19.6 Å². The Hall–Kier alpha value is -2.14. The van der Waals surface area contributed by atoms with Crippen molar-refractivity contribution in [2.45, 2.75) is 25.3 Å². The first-order valence-electron chi connectivity index (χ1n) is 7.80. The molecule has 1 fully saturated rings. The molecule has 2 aromatic rings. The lowest BCUT2D eigenvalue weighted by atomic mass is 10.0. The van der Waals surface area contributed by atoms with Gasteiger partial charge in [0.25, 0.3) is 5.91 Å². The second-order valence-corrected chi connectivity index (χ2v) is 5.60. The normalized spacial score (nSPS) is 17.1. The highest BCUT2D eigenvalue weighted by Gasteiger charge is 2.23. The first-order valence-corrected chi connectivity index (χ1v) is 7.80. The van der Waals surface area contributed by atoms with Gasteiger partial charge in [0.15, 0.2) is 6.39 Å². The number of carbonyl (C=O) groups excluding carboxylic acids is 1. The van der Waals surface area contributed by atoms with Gasteiger partial charge < -0.3 is 9.73 Å². The number of rotatable bonds is 5. The Bertz CT molecular complexity index is 577. The predicted molar refractivity (Wildman–Crippen MR) is 83.4 cm³/mol. The van der Waals surface area contributed by atoms with Gasteiger partial charge in [0, 0.05) is 6.54 Å². The lowest BCUT2D eigenvalue weighted by Gasteiger charge is -2.35. The molecule has 5 nitrogen and oxygen atoms in total. The maximum absolute atomic E-state index is 12.1. The van der Waals surface area contributed by atoms with Crippen LogP contribution in [0.2, 0.25) is 0 Å². The zero-order valence-corrected chi connectivity index (χ0v) is 12.6. The maximum atomic E-state index is 12.1. The fraction of sp³-hybridized carbons (Fsp3) is 0.412. The molecule has 2 heterocycles. The van der Waals surface area contributed by atoms with Crippen LogP contribution < -0.4 is 5.32 Å². The van der Waals surface area contributed by atoms with E-state index >= 15 is 0 Å². The van der Waals surface area contributed by atoms with E-state index in [0.717, 1.165) is 13.1 Å². The number of carbonyl (C=O) groups is 1. The second-order valence-electron chi connectivity index (χ2n) is 5.60. The van der Waals surface area contributed by atoms with E-state index < -0.39 is 0 Å². The van der Waals surface area contributed by atoms with Crippen molar-refractivity contribution < 1.29 is 9.21 Å². The molecule has 3 rings (SSSR count). The van der Waals surface area contributed by atoms with Crippen LogP contribution in [0.15, 0.2) is 47.3 Å². The van der Waals surface area contributed by atoms with Crippen LogP contribution in [0.4, 0.5) is 0 Å². The van der Waals surface area contributed by atoms with Gasteiger partial charge in [0.1, 0.15) is 0 Å². The molecule has 0 bridgehead atoms. The Morgan fingerprint density at radius 1 is 1.23 bits per heavy atom. The van der Waals surface area contributed by atoms with E-state index in [1.165, 1.54) is 37.4 Å². The van der Waals surface area contributed by atoms with Gasteiger partial charge >= 0.3 is 0 Å². The summed E-state index contributed by atoms with van der Waals surface area (Å²) in [6.45, 7) is 2.74. The predicted octanol–water partition coefficient (Wildman–Crippen LogP) is 2.63. The summed E-state index contributed by atoms with van der Waals surface area (Å²) in [6, 6.07) is 10.6. The molecule has 0 saturated carbocycles. The molecule has 0 aliphatic carbocycles. The summed E-state index contributed by atoms with van der Waals surface area (Å²) in [7, 11) is 0. The molecule has 1 unspecified atom stereocenters. The molecule has 1 atom stereocenters. The molecule has 1 aromatic heterocycles. The van der Waals surface area contributed by atoms with Gasteiger partial charge in [0.2, 0.25) is 5.76 Å². The van der Waals surface area contributed by atoms with Crippen LogP contribution in [0.25, 0.3) is 0 Å². The highest BCUT2D eigenvalue weighted by molar-refractivity contribution is 5.91. The second kappa shape index (κ2) is 7.22. The molecular weight excluding hydrogens is 278 g/mol. The number of piperidine rings is 1. The van der Waals surface area contributed by atoms with Crippen LogP contribution in [0.3, 0.4) is 0 Å². The Labute approximate surface area is 130 Å². The van der Waals surface area contributed by atoms with Gasteiger partial charge in [-0.25, -0.2) is 4.98 Å². The van der Waals surface area contributed by atoms with E-state index in [-0.39, 0.29) is 17.7 Å². The third kappa shape index (κ3) is 3.54. The number of amides is 1. The third-order valence-corrected chi connectivity index (χ3v) is 4.13. The summed E-state index contributed by atoms with van der Waals surface area (Å²) in [5, 5.41) is 2.97. The van der Waals surface area contributed by atoms with Gasteiger partial charge in [-0.1, -0.05) is 36.8 Å². The number of aromatic nitrogens is 1. The zero-order valence-electron chi connectivity index (χ0n) is 12.6. The molecule has 1 N–H and O–H groups in total. The van der Waals surface area contributed by atoms with E-state index in [1.807, 2.05) is 18.2 Å². The molecule has 0 spiro atoms. The van der Waals surface area contributed by atoms with Crippen molar-refractivity contribution in [3.05, 3.63) is 54.2 Å². The summed E-state index contributed by atoms with van der Waals surface area (Å²) in [6.07, 6.45) is 6.45. The summed E-state index contributed by atoms with van der Waals surface area (Å²) in [5.41, 5.74) is 1.24. The van der Waals surface area contributed by atoms with Crippen molar-refractivity contribution in [3.63, 3.8) is 0 Å². The Morgan fingerprint density at radius 3 is 2.68 bits per heavy atom. The van der Waals surface area contributed by atoms with Crippen molar-refractivity contribution in [2.24, 2.45) is 0 Å². The smallest absolute Gasteiger partial charge is 0.288 e. The fourth-order valence-electron chi connectivity index (χ4n) is 2.97. The minimum absolute atomic E-state index is 0.202. The van der Waals surface area contributed by atoms with E-state index in [1.54, 1.807) is 0 Å². The number of hydrogen-bond acceptors (Lipinski definition) is 4. The molecule has 1 saturated heterocycles. The molecule has 0 radical (unpaired) electrons. The lowest BCUT2D eigenvalue weighted by molar-refractivity contribution is 0.0897. The average Bonchev–Trinajstić information content (AvgIpc) is 3.11.